The van der Waals surface area contributed by atoms with E-state index in [1.165, 1.54) is 6.92 Å². The molecule has 3 nitrogen and oxygen atoms in total. The predicted molar refractivity (Wildman–Crippen MR) is 65.5 cm³/mol. The Hall–Kier alpha value is -0.830. The van der Waals surface area contributed by atoms with Crippen molar-refractivity contribution >= 4 is 5.97 Å². The van der Waals surface area contributed by atoms with Crippen molar-refractivity contribution in [1.82, 2.24) is 0 Å². The SMILES string of the molecule is C=C1CC[C@@H](OC(C)=O)[C@H]2CCCC[C@@]2(O)C1. The molecule has 0 bridgehead atoms. The summed E-state index contributed by atoms with van der Waals surface area (Å²) in [5.41, 5.74) is 0.403. The standard InChI is InChI=1S/C14H22O3/c1-10-6-7-13(17-11(2)15)12-5-3-4-8-14(12,16)9-10/h12-13,16H,1,3-9H2,2H3/t12-,13-,14-/m1/s1. The summed E-state index contributed by atoms with van der Waals surface area (Å²) in [5, 5.41) is 10.8. The van der Waals surface area contributed by atoms with Crippen LogP contribution in [0.15, 0.2) is 12.2 Å². The van der Waals surface area contributed by atoms with Gasteiger partial charge in [0.2, 0.25) is 0 Å². The first kappa shape index (κ1) is 12.6. The molecule has 2 saturated carbocycles. The highest BCUT2D eigenvalue weighted by Gasteiger charge is 2.46. The summed E-state index contributed by atoms with van der Waals surface area (Å²) in [4.78, 5) is 11.2. The number of fused-ring (bicyclic) bond motifs is 1. The highest BCUT2D eigenvalue weighted by Crippen LogP contribution is 2.44. The molecule has 0 aromatic heterocycles. The van der Waals surface area contributed by atoms with Crippen molar-refractivity contribution in [2.45, 2.75) is 63.6 Å². The Morgan fingerprint density at radius 3 is 2.94 bits per heavy atom. The predicted octanol–water partition coefficient (Wildman–Crippen LogP) is 2.58. The lowest BCUT2D eigenvalue weighted by Gasteiger charge is -2.42. The van der Waals surface area contributed by atoms with E-state index in [2.05, 4.69) is 6.58 Å². The van der Waals surface area contributed by atoms with Crippen LogP contribution in [0.2, 0.25) is 0 Å². The van der Waals surface area contributed by atoms with E-state index in [9.17, 15) is 9.90 Å². The van der Waals surface area contributed by atoms with Crippen molar-refractivity contribution in [3.8, 4) is 0 Å². The maximum atomic E-state index is 11.2. The lowest BCUT2D eigenvalue weighted by Crippen LogP contribution is -2.46. The fourth-order valence-electron chi connectivity index (χ4n) is 3.42. The van der Waals surface area contributed by atoms with Gasteiger partial charge in [-0.25, -0.2) is 0 Å². The molecular formula is C14H22O3. The maximum absolute atomic E-state index is 11.2. The van der Waals surface area contributed by atoms with E-state index in [4.69, 9.17) is 4.74 Å². The number of hydrogen-bond acceptors (Lipinski definition) is 3. The molecular weight excluding hydrogens is 216 g/mol. The number of carbonyl (C=O) groups excluding carboxylic acids is 1. The summed E-state index contributed by atoms with van der Waals surface area (Å²) in [7, 11) is 0. The first-order valence-electron chi connectivity index (χ1n) is 6.57. The molecule has 3 atom stereocenters. The van der Waals surface area contributed by atoms with Gasteiger partial charge >= 0.3 is 5.97 Å². The molecule has 2 fully saturated rings. The van der Waals surface area contributed by atoms with Gasteiger partial charge < -0.3 is 9.84 Å². The Bertz CT molecular complexity index is 323. The summed E-state index contributed by atoms with van der Waals surface area (Å²) in [6.45, 7) is 5.47. The Balaban J connectivity index is 2.21. The monoisotopic (exact) mass is 238 g/mol. The second kappa shape index (κ2) is 4.81. The van der Waals surface area contributed by atoms with Crippen LogP contribution in [-0.4, -0.2) is 22.8 Å². The van der Waals surface area contributed by atoms with Crippen molar-refractivity contribution in [3.05, 3.63) is 12.2 Å². The normalized spacial score (nSPS) is 38.1. The van der Waals surface area contributed by atoms with Gasteiger partial charge in [0.1, 0.15) is 6.10 Å². The molecule has 17 heavy (non-hydrogen) atoms. The molecule has 0 saturated heterocycles. The molecule has 0 aromatic carbocycles. The van der Waals surface area contributed by atoms with Gasteiger partial charge in [0, 0.05) is 12.8 Å². The van der Waals surface area contributed by atoms with Crippen LogP contribution in [-0.2, 0) is 9.53 Å². The fraction of sp³-hybridized carbons (Fsp3) is 0.786. The van der Waals surface area contributed by atoms with Gasteiger partial charge in [0.15, 0.2) is 0 Å². The third-order valence-electron chi connectivity index (χ3n) is 4.17. The smallest absolute Gasteiger partial charge is 0.302 e. The topological polar surface area (TPSA) is 46.5 Å². The molecule has 0 spiro atoms. The van der Waals surface area contributed by atoms with Crippen molar-refractivity contribution in [2.24, 2.45) is 5.92 Å². The first-order chi connectivity index (χ1) is 8.01. The molecule has 3 heteroatoms. The Kier molecular flexibility index (Phi) is 3.57. The van der Waals surface area contributed by atoms with E-state index in [1.54, 1.807) is 0 Å². The van der Waals surface area contributed by atoms with Gasteiger partial charge in [-0.05, 0) is 32.1 Å². The third-order valence-corrected chi connectivity index (χ3v) is 4.17. The van der Waals surface area contributed by atoms with E-state index in [0.29, 0.717) is 6.42 Å². The molecule has 96 valence electrons. The van der Waals surface area contributed by atoms with Crippen LogP contribution in [0.3, 0.4) is 0 Å². The van der Waals surface area contributed by atoms with Crippen LogP contribution in [0, 0.1) is 5.92 Å². The summed E-state index contributed by atoms with van der Waals surface area (Å²) in [6, 6.07) is 0. The minimum absolute atomic E-state index is 0.0967. The van der Waals surface area contributed by atoms with Crippen molar-refractivity contribution in [3.63, 3.8) is 0 Å². The molecule has 2 aliphatic carbocycles. The van der Waals surface area contributed by atoms with Gasteiger partial charge in [0.25, 0.3) is 0 Å². The molecule has 2 rings (SSSR count). The van der Waals surface area contributed by atoms with Gasteiger partial charge in [-0.15, -0.1) is 0 Å². The molecule has 0 amide bonds. The Morgan fingerprint density at radius 2 is 2.24 bits per heavy atom. The maximum Gasteiger partial charge on any atom is 0.302 e. The molecule has 0 unspecified atom stereocenters. The van der Waals surface area contributed by atoms with Gasteiger partial charge in [-0.1, -0.05) is 25.0 Å². The van der Waals surface area contributed by atoms with Crippen molar-refractivity contribution < 1.29 is 14.6 Å². The van der Waals surface area contributed by atoms with E-state index >= 15 is 0 Å². The lowest BCUT2D eigenvalue weighted by atomic mass is 9.71. The minimum atomic E-state index is -0.689. The lowest BCUT2D eigenvalue weighted by molar-refractivity contribution is -0.159. The van der Waals surface area contributed by atoms with Crippen LogP contribution in [0.1, 0.15) is 51.9 Å². The third kappa shape index (κ3) is 2.71. The molecule has 0 aliphatic heterocycles. The molecule has 0 radical (unpaired) electrons. The second-order valence-corrected chi connectivity index (χ2v) is 5.57. The zero-order valence-corrected chi connectivity index (χ0v) is 10.6. The van der Waals surface area contributed by atoms with Gasteiger partial charge in [0.05, 0.1) is 5.60 Å². The van der Waals surface area contributed by atoms with E-state index < -0.39 is 5.60 Å². The Morgan fingerprint density at radius 1 is 1.47 bits per heavy atom. The van der Waals surface area contributed by atoms with Crippen LogP contribution in [0.5, 0.6) is 0 Å². The number of aliphatic hydroxyl groups is 1. The number of rotatable bonds is 1. The molecule has 2 aliphatic rings. The highest BCUT2D eigenvalue weighted by atomic mass is 16.5. The van der Waals surface area contributed by atoms with Crippen LogP contribution < -0.4 is 0 Å². The van der Waals surface area contributed by atoms with Crippen LogP contribution >= 0.6 is 0 Å². The minimum Gasteiger partial charge on any atom is -0.462 e. The van der Waals surface area contributed by atoms with Gasteiger partial charge in [-0.2, -0.15) is 0 Å². The van der Waals surface area contributed by atoms with Crippen molar-refractivity contribution in [1.29, 1.82) is 0 Å². The average Bonchev–Trinajstić information content (AvgIpc) is 2.35. The van der Waals surface area contributed by atoms with Gasteiger partial charge in [-0.3, -0.25) is 4.79 Å². The zero-order valence-electron chi connectivity index (χ0n) is 10.6. The highest BCUT2D eigenvalue weighted by molar-refractivity contribution is 5.66. The first-order valence-corrected chi connectivity index (χ1v) is 6.57. The number of hydrogen-bond donors (Lipinski definition) is 1. The van der Waals surface area contributed by atoms with E-state index in [0.717, 1.165) is 44.1 Å². The molecule has 0 heterocycles. The second-order valence-electron chi connectivity index (χ2n) is 5.57. The van der Waals surface area contributed by atoms with Crippen molar-refractivity contribution in [2.75, 3.05) is 0 Å². The number of carbonyl (C=O) groups is 1. The largest absolute Gasteiger partial charge is 0.462 e. The number of ether oxygens (including phenoxy) is 1. The van der Waals surface area contributed by atoms with E-state index in [-0.39, 0.29) is 18.0 Å². The fourth-order valence-corrected chi connectivity index (χ4v) is 3.42. The Labute approximate surface area is 103 Å². The molecule has 1 N–H and O–H groups in total. The van der Waals surface area contributed by atoms with E-state index in [1.807, 2.05) is 0 Å². The van der Waals surface area contributed by atoms with Crippen LogP contribution in [0.25, 0.3) is 0 Å². The van der Waals surface area contributed by atoms with Crippen LogP contribution in [0.4, 0.5) is 0 Å². The average molecular weight is 238 g/mol. The summed E-state index contributed by atoms with van der Waals surface area (Å²) < 4.78 is 5.41. The number of esters is 1. The molecule has 0 aromatic rings. The quantitative estimate of drug-likeness (QED) is 0.564. The summed E-state index contributed by atoms with van der Waals surface area (Å²) in [5.74, 6) is -0.144. The zero-order chi connectivity index (χ0) is 12.5. The summed E-state index contributed by atoms with van der Waals surface area (Å²) in [6.07, 6.45) is 6.18. The summed E-state index contributed by atoms with van der Waals surface area (Å²) >= 11 is 0.